The molecule has 7 heteroatoms. The molecule has 0 aliphatic heterocycles. The van der Waals surface area contributed by atoms with E-state index in [1.54, 1.807) is 0 Å². The summed E-state index contributed by atoms with van der Waals surface area (Å²) in [5, 5.41) is 4.58. The first-order valence-electron chi connectivity index (χ1n) is 4.09. The van der Waals surface area contributed by atoms with E-state index >= 15 is 0 Å². The van der Waals surface area contributed by atoms with Crippen LogP contribution in [0.3, 0.4) is 0 Å². The standard InChI is InChI=1S/C9H4ClF3N2S/c10-8-3-16-9(15-8)14-7-2-5(12)4(11)1-6(7)13/h1-3H,(H,14,15). The Labute approximate surface area is 97.7 Å². The Bertz CT molecular complexity index is 529. The molecule has 84 valence electrons. The lowest BCUT2D eigenvalue weighted by atomic mass is 10.3. The van der Waals surface area contributed by atoms with Crippen LogP contribution in [0.4, 0.5) is 24.0 Å². The lowest BCUT2D eigenvalue weighted by Gasteiger charge is -2.04. The second kappa shape index (κ2) is 4.31. The van der Waals surface area contributed by atoms with Gasteiger partial charge in [-0.2, -0.15) is 0 Å². The fraction of sp³-hybridized carbons (Fsp3) is 0. The van der Waals surface area contributed by atoms with Gasteiger partial charge in [-0.05, 0) is 0 Å². The quantitative estimate of drug-likeness (QED) is 0.831. The third kappa shape index (κ3) is 2.28. The van der Waals surface area contributed by atoms with E-state index in [0.29, 0.717) is 11.2 Å². The molecule has 0 atom stereocenters. The van der Waals surface area contributed by atoms with E-state index in [-0.39, 0.29) is 10.8 Å². The SMILES string of the molecule is Fc1cc(F)c(Nc2nc(Cl)cs2)cc1F. The third-order valence-corrected chi connectivity index (χ3v) is 2.81. The molecule has 0 bridgehead atoms. The van der Waals surface area contributed by atoms with Crippen molar-refractivity contribution in [3.63, 3.8) is 0 Å². The van der Waals surface area contributed by atoms with Gasteiger partial charge in [-0.1, -0.05) is 11.6 Å². The normalized spacial score (nSPS) is 10.5. The number of hydrogen-bond acceptors (Lipinski definition) is 3. The molecule has 0 saturated heterocycles. The largest absolute Gasteiger partial charge is 0.329 e. The number of nitrogens with one attached hydrogen (secondary N) is 1. The monoisotopic (exact) mass is 264 g/mol. The Balaban J connectivity index is 2.31. The predicted molar refractivity (Wildman–Crippen MR) is 56.7 cm³/mol. The molecule has 0 saturated carbocycles. The highest BCUT2D eigenvalue weighted by atomic mass is 35.5. The number of nitrogens with zero attached hydrogens (tertiary/aromatic N) is 1. The van der Waals surface area contributed by atoms with Crippen LogP contribution in [0.5, 0.6) is 0 Å². The van der Waals surface area contributed by atoms with Crippen LogP contribution in [0.1, 0.15) is 0 Å². The molecule has 0 unspecified atom stereocenters. The van der Waals surface area contributed by atoms with Gasteiger partial charge < -0.3 is 5.32 Å². The van der Waals surface area contributed by atoms with E-state index < -0.39 is 17.5 Å². The Morgan fingerprint density at radius 3 is 2.44 bits per heavy atom. The van der Waals surface area contributed by atoms with Gasteiger partial charge in [0.2, 0.25) is 0 Å². The van der Waals surface area contributed by atoms with E-state index in [1.165, 1.54) is 5.38 Å². The van der Waals surface area contributed by atoms with Crippen LogP contribution < -0.4 is 5.32 Å². The minimum absolute atomic E-state index is 0.190. The van der Waals surface area contributed by atoms with Crippen molar-refractivity contribution in [3.8, 4) is 0 Å². The molecule has 1 heterocycles. The van der Waals surface area contributed by atoms with Crippen LogP contribution in [0, 0.1) is 17.5 Å². The van der Waals surface area contributed by atoms with E-state index in [1.807, 2.05) is 0 Å². The second-order valence-corrected chi connectivity index (χ2v) is 4.09. The van der Waals surface area contributed by atoms with Crippen molar-refractivity contribution in [1.29, 1.82) is 0 Å². The zero-order chi connectivity index (χ0) is 11.7. The van der Waals surface area contributed by atoms with Crippen molar-refractivity contribution in [2.45, 2.75) is 0 Å². The van der Waals surface area contributed by atoms with Crippen LogP contribution in [-0.2, 0) is 0 Å². The molecular weight excluding hydrogens is 261 g/mol. The zero-order valence-electron chi connectivity index (χ0n) is 7.60. The minimum atomic E-state index is -1.24. The van der Waals surface area contributed by atoms with E-state index in [0.717, 1.165) is 17.4 Å². The molecule has 0 amide bonds. The molecule has 2 nitrogen and oxygen atoms in total. The van der Waals surface area contributed by atoms with Gasteiger partial charge >= 0.3 is 0 Å². The first-order chi connectivity index (χ1) is 7.56. The number of rotatable bonds is 2. The minimum Gasteiger partial charge on any atom is -0.329 e. The maximum atomic E-state index is 13.2. The second-order valence-electron chi connectivity index (χ2n) is 2.85. The Hall–Kier alpha value is -1.27. The fourth-order valence-electron chi connectivity index (χ4n) is 1.05. The molecule has 0 aliphatic carbocycles. The average molecular weight is 265 g/mol. The first kappa shape index (κ1) is 11.2. The lowest BCUT2D eigenvalue weighted by Crippen LogP contribution is -1.96. The van der Waals surface area contributed by atoms with Gasteiger partial charge in [0.15, 0.2) is 16.8 Å². The van der Waals surface area contributed by atoms with Gasteiger partial charge in [-0.3, -0.25) is 0 Å². The maximum absolute atomic E-state index is 13.2. The molecule has 1 aromatic carbocycles. The summed E-state index contributed by atoms with van der Waals surface area (Å²) >= 11 is 6.68. The van der Waals surface area contributed by atoms with Crippen LogP contribution in [0.25, 0.3) is 0 Å². The van der Waals surface area contributed by atoms with Crippen molar-refractivity contribution in [1.82, 2.24) is 4.98 Å². The van der Waals surface area contributed by atoms with Crippen LogP contribution in [0.2, 0.25) is 5.15 Å². The molecule has 0 aliphatic rings. The first-order valence-corrected chi connectivity index (χ1v) is 5.34. The summed E-state index contributed by atoms with van der Waals surface area (Å²) < 4.78 is 38.7. The third-order valence-electron chi connectivity index (χ3n) is 1.73. The molecule has 1 aromatic heterocycles. The number of benzene rings is 1. The summed E-state index contributed by atoms with van der Waals surface area (Å²) in [7, 11) is 0. The summed E-state index contributed by atoms with van der Waals surface area (Å²) in [5.41, 5.74) is -0.190. The molecule has 1 N–H and O–H groups in total. The molecule has 2 aromatic rings. The van der Waals surface area contributed by atoms with Crippen molar-refractivity contribution in [2.24, 2.45) is 0 Å². The number of halogens is 4. The molecule has 0 fully saturated rings. The molecule has 16 heavy (non-hydrogen) atoms. The molecular formula is C9H4ClF3N2S. The van der Waals surface area contributed by atoms with E-state index in [4.69, 9.17) is 11.6 Å². The lowest BCUT2D eigenvalue weighted by molar-refractivity contribution is 0.496. The maximum Gasteiger partial charge on any atom is 0.188 e. The Morgan fingerprint density at radius 1 is 1.12 bits per heavy atom. The fourth-order valence-corrected chi connectivity index (χ4v) is 1.89. The van der Waals surface area contributed by atoms with Crippen LogP contribution in [-0.4, -0.2) is 4.98 Å². The number of hydrogen-bond donors (Lipinski definition) is 1. The van der Waals surface area contributed by atoms with Crippen LogP contribution in [0.15, 0.2) is 17.5 Å². The molecule has 2 rings (SSSR count). The summed E-state index contributed by atoms with van der Waals surface area (Å²) in [6.07, 6.45) is 0. The van der Waals surface area contributed by atoms with Gasteiger partial charge in [-0.15, -0.1) is 11.3 Å². The topological polar surface area (TPSA) is 24.9 Å². The van der Waals surface area contributed by atoms with Gasteiger partial charge in [-0.25, -0.2) is 18.2 Å². The smallest absolute Gasteiger partial charge is 0.188 e. The number of thiazole rings is 1. The highest BCUT2D eigenvalue weighted by Gasteiger charge is 2.11. The van der Waals surface area contributed by atoms with Crippen LogP contribution >= 0.6 is 22.9 Å². The summed E-state index contributed by atoms with van der Waals surface area (Å²) in [6, 6.07) is 1.19. The Kier molecular flexibility index (Phi) is 3.02. The summed E-state index contributed by atoms with van der Waals surface area (Å²) in [5.74, 6) is -3.27. The Morgan fingerprint density at radius 2 is 1.81 bits per heavy atom. The predicted octanol–water partition coefficient (Wildman–Crippen LogP) is 3.96. The summed E-state index contributed by atoms with van der Waals surface area (Å²) in [6.45, 7) is 0. The van der Waals surface area contributed by atoms with Gasteiger partial charge in [0.25, 0.3) is 0 Å². The number of aromatic nitrogens is 1. The van der Waals surface area contributed by atoms with Gasteiger partial charge in [0.05, 0.1) is 5.69 Å². The van der Waals surface area contributed by atoms with Crippen molar-refractivity contribution in [3.05, 3.63) is 40.1 Å². The number of anilines is 2. The zero-order valence-corrected chi connectivity index (χ0v) is 9.17. The van der Waals surface area contributed by atoms with E-state index in [2.05, 4.69) is 10.3 Å². The van der Waals surface area contributed by atoms with Gasteiger partial charge in [0, 0.05) is 17.5 Å². The average Bonchev–Trinajstić information content (AvgIpc) is 2.60. The van der Waals surface area contributed by atoms with Crippen molar-refractivity contribution >= 4 is 33.8 Å². The molecule has 0 spiro atoms. The summed E-state index contributed by atoms with van der Waals surface area (Å²) in [4.78, 5) is 3.79. The van der Waals surface area contributed by atoms with Crippen molar-refractivity contribution in [2.75, 3.05) is 5.32 Å². The molecule has 0 radical (unpaired) electrons. The van der Waals surface area contributed by atoms with Crippen molar-refractivity contribution < 1.29 is 13.2 Å². The highest BCUT2D eigenvalue weighted by Crippen LogP contribution is 2.26. The highest BCUT2D eigenvalue weighted by molar-refractivity contribution is 7.14. The van der Waals surface area contributed by atoms with E-state index in [9.17, 15) is 13.2 Å². The van der Waals surface area contributed by atoms with Gasteiger partial charge in [0.1, 0.15) is 11.0 Å².